The number of rotatable bonds is 6. The fourth-order valence-corrected chi connectivity index (χ4v) is 9.28. The molecule has 0 spiro atoms. The van der Waals surface area contributed by atoms with Crippen molar-refractivity contribution in [2.45, 2.75) is 0 Å². The average Bonchev–Trinajstić information content (AvgIpc) is 3.86. The van der Waals surface area contributed by atoms with Gasteiger partial charge in [-0.1, -0.05) is 152 Å². The van der Waals surface area contributed by atoms with Crippen molar-refractivity contribution in [2.75, 3.05) is 4.90 Å². The van der Waals surface area contributed by atoms with Gasteiger partial charge in [0.1, 0.15) is 11.2 Å². The molecule has 3 heteroatoms. The van der Waals surface area contributed by atoms with Crippen LogP contribution in [0.1, 0.15) is 0 Å². The van der Waals surface area contributed by atoms with Gasteiger partial charge in [0.2, 0.25) is 0 Å². The highest BCUT2D eigenvalue weighted by Crippen LogP contribution is 2.42. The third kappa shape index (κ3) is 5.36. The van der Waals surface area contributed by atoms with E-state index in [1.54, 1.807) is 0 Å². The summed E-state index contributed by atoms with van der Waals surface area (Å²) < 4.78 is 8.66. The summed E-state index contributed by atoms with van der Waals surface area (Å²) in [5, 5.41) is 9.76. The van der Waals surface area contributed by atoms with Crippen molar-refractivity contribution in [2.24, 2.45) is 0 Å². The molecule has 2 aromatic heterocycles. The van der Waals surface area contributed by atoms with Crippen molar-refractivity contribution in [3.05, 3.63) is 218 Å². The molecular formula is C56H36N2O. The number of furan rings is 1. The highest BCUT2D eigenvalue weighted by molar-refractivity contribution is 6.13. The lowest BCUT2D eigenvalue weighted by atomic mass is 9.98. The Kier molecular flexibility index (Phi) is 7.54. The van der Waals surface area contributed by atoms with E-state index < -0.39 is 0 Å². The third-order valence-corrected chi connectivity index (χ3v) is 12.0. The smallest absolute Gasteiger partial charge is 0.136 e. The molecule has 0 fully saturated rings. The minimum Gasteiger partial charge on any atom is -0.456 e. The number of hydrogen-bond acceptors (Lipinski definition) is 2. The van der Waals surface area contributed by atoms with Crippen LogP contribution >= 0.6 is 0 Å². The first-order chi connectivity index (χ1) is 29.3. The number of para-hydroxylation sites is 4. The molecule has 59 heavy (non-hydrogen) atoms. The lowest BCUT2D eigenvalue weighted by molar-refractivity contribution is 0.669. The molecular weight excluding hydrogens is 717 g/mol. The van der Waals surface area contributed by atoms with E-state index >= 15 is 0 Å². The first-order valence-corrected chi connectivity index (χ1v) is 20.2. The van der Waals surface area contributed by atoms with Crippen LogP contribution in [0.4, 0.5) is 17.1 Å². The number of anilines is 3. The van der Waals surface area contributed by atoms with E-state index in [2.05, 4.69) is 216 Å². The Balaban J connectivity index is 0.988. The maximum atomic E-state index is 6.25. The van der Waals surface area contributed by atoms with Crippen LogP contribution in [0.3, 0.4) is 0 Å². The molecule has 0 aliphatic carbocycles. The molecule has 2 heterocycles. The Hall–Kier alpha value is -7.88. The molecule has 12 aromatic rings. The van der Waals surface area contributed by atoms with Crippen LogP contribution in [0.25, 0.3) is 93.2 Å². The van der Waals surface area contributed by atoms with Crippen molar-refractivity contribution in [3.8, 4) is 27.9 Å². The Morgan fingerprint density at radius 3 is 1.61 bits per heavy atom. The van der Waals surface area contributed by atoms with Gasteiger partial charge < -0.3 is 13.9 Å². The lowest BCUT2D eigenvalue weighted by Crippen LogP contribution is -2.10. The second-order valence-corrected chi connectivity index (χ2v) is 15.3. The molecule has 10 aromatic carbocycles. The van der Waals surface area contributed by atoms with Gasteiger partial charge in [-0.15, -0.1) is 0 Å². The summed E-state index contributed by atoms with van der Waals surface area (Å²) in [7, 11) is 0. The molecule has 0 aliphatic heterocycles. The van der Waals surface area contributed by atoms with E-state index in [9.17, 15) is 0 Å². The van der Waals surface area contributed by atoms with Gasteiger partial charge >= 0.3 is 0 Å². The van der Waals surface area contributed by atoms with Crippen molar-refractivity contribution in [3.63, 3.8) is 0 Å². The molecule has 0 atom stereocenters. The predicted octanol–water partition coefficient (Wildman–Crippen LogP) is 15.8. The van der Waals surface area contributed by atoms with Crippen LogP contribution in [0.5, 0.6) is 0 Å². The van der Waals surface area contributed by atoms with Gasteiger partial charge in [0.05, 0.1) is 16.7 Å². The molecule has 276 valence electrons. The van der Waals surface area contributed by atoms with Crippen LogP contribution in [-0.4, -0.2) is 4.57 Å². The van der Waals surface area contributed by atoms with Crippen molar-refractivity contribution < 1.29 is 4.42 Å². The zero-order valence-electron chi connectivity index (χ0n) is 32.1. The molecule has 0 radical (unpaired) electrons. The molecule has 0 N–H and O–H groups in total. The maximum absolute atomic E-state index is 6.25. The van der Waals surface area contributed by atoms with E-state index in [1.807, 2.05) is 12.1 Å². The summed E-state index contributed by atoms with van der Waals surface area (Å²) in [6, 6.07) is 78.8. The van der Waals surface area contributed by atoms with Gasteiger partial charge in [-0.2, -0.15) is 0 Å². The zero-order valence-corrected chi connectivity index (χ0v) is 32.1. The first-order valence-electron chi connectivity index (χ1n) is 20.2. The average molecular weight is 753 g/mol. The van der Waals surface area contributed by atoms with Crippen molar-refractivity contribution in [1.82, 2.24) is 4.57 Å². The molecule has 0 saturated heterocycles. The van der Waals surface area contributed by atoms with Crippen LogP contribution in [0, 0.1) is 0 Å². The van der Waals surface area contributed by atoms with Crippen LogP contribution < -0.4 is 4.90 Å². The van der Waals surface area contributed by atoms with E-state index in [4.69, 9.17) is 4.42 Å². The highest BCUT2D eigenvalue weighted by Gasteiger charge is 2.18. The summed E-state index contributed by atoms with van der Waals surface area (Å²) in [5.74, 6) is 0. The van der Waals surface area contributed by atoms with E-state index in [0.717, 1.165) is 61.4 Å². The second kappa shape index (κ2) is 13.4. The van der Waals surface area contributed by atoms with Gasteiger partial charge in [0, 0.05) is 44.2 Å². The summed E-state index contributed by atoms with van der Waals surface area (Å²) >= 11 is 0. The fourth-order valence-electron chi connectivity index (χ4n) is 9.28. The Labute approximate surface area is 341 Å². The van der Waals surface area contributed by atoms with E-state index in [-0.39, 0.29) is 0 Å². The van der Waals surface area contributed by atoms with Gasteiger partial charge in [0.15, 0.2) is 0 Å². The fraction of sp³-hybridized carbons (Fsp3) is 0. The summed E-state index contributed by atoms with van der Waals surface area (Å²) in [5.41, 5.74) is 13.3. The minimum absolute atomic E-state index is 0.901. The quantitative estimate of drug-likeness (QED) is 0.158. The van der Waals surface area contributed by atoms with Gasteiger partial charge in [-0.05, 0) is 105 Å². The lowest BCUT2D eigenvalue weighted by Gasteiger charge is -2.26. The summed E-state index contributed by atoms with van der Waals surface area (Å²) in [6.45, 7) is 0. The number of nitrogens with zero attached hydrogens (tertiary/aromatic N) is 2. The van der Waals surface area contributed by atoms with Crippen LogP contribution in [0.2, 0.25) is 0 Å². The Morgan fingerprint density at radius 2 is 0.864 bits per heavy atom. The van der Waals surface area contributed by atoms with Crippen molar-refractivity contribution >= 4 is 82.4 Å². The second-order valence-electron chi connectivity index (χ2n) is 15.3. The standard InChI is InChI=1S/C56H36N2O/c1-2-13-44-37(12-1)24-25-40-36-43(34-35-45(40)44)57(42-32-28-39(29-33-42)47-18-11-23-55-56(47)50-17-6-10-22-54(50)59-55)41-30-26-38(27-31-41)46-14-3-7-19-51(46)58-52-20-8-4-15-48(52)49-16-5-9-21-53(49)58/h1-36H. The largest absolute Gasteiger partial charge is 0.456 e. The predicted molar refractivity (Wildman–Crippen MR) is 249 cm³/mol. The minimum atomic E-state index is 0.901. The number of aromatic nitrogens is 1. The third-order valence-electron chi connectivity index (χ3n) is 12.0. The summed E-state index contributed by atoms with van der Waals surface area (Å²) in [6.07, 6.45) is 0. The Bertz CT molecular complexity index is 3500. The van der Waals surface area contributed by atoms with Gasteiger partial charge in [0.25, 0.3) is 0 Å². The molecule has 0 aliphatic rings. The van der Waals surface area contributed by atoms with Crippen molar-refractivity contribution in [1.29, 1.82) is 0 Å². The van der Waals surface area contributed by atoms with Crippen LogP contribution in [0.15, 0.2) is 223 Å². The molecule has 12 rings (SSSR count). The molecule has 0 saturated carbocycles. The monoisotopic (exact) mass is 752 g/mol. The summed E-state index contributed by atoms with van der Waals surface area (Å²) in [4.78, 5) is 2.37. The van der Waals surface area contributed by atoms with Crippen LogP contribution in [-0.2, 0) is 0 Å². The normalized spacial score (nSPS) is 11.7. The Morgan fingerprint density at radius 1 is 0.339 bits per heavy atom. The molecule has 0 unspecified atom stereocenters. The number of hydrogen-bond donors (Lipinski definition) is 0. The molecule has 0 amide bonds. The maximum Gasteiger partial charge on any atom is 0.136 e. The topological polar surface area (TPSA) is 21.3 Å². The van der Waals surface area contributed by atoms with Gasteiger partial charge in [-0.3, -0.25) is 0 Å². The zero-order chi connectivity index (χ0) is 38.9. The number of benzene rings is 10. The first kappa shape index (κ1) is 33.3. The van der Waals surface area contributed by atoms with E-state index in [1.165, 1.54) is 48.9 Å². The number of fused-ring (bicyclic) bond motifs is 9. The van der Waals surface area contributed by atoms with Gasteiger partial charge in [-0.25, -0.2) is 0 Å². The molecule has 0 bridgehead atoms. The SMILES string of the molecule is c1ccc(-n2c3ccccc3c3ccccc32)c(-c2ccc(N(c3ccc(-c4cccc5oc6ccccc6c45)cc3)c3ccc4c(ccc5ccccc54)c3)cc2)c1. The molecule has 3 nitrogen and oxygen atoms in total. The highest BCUT2D eigenvalue weighted by atomic mass is 16.3. The van der Waals surface area contributed by atoms with E-state index in [0.29, 0.717) is 0 Å².